The number of aryl methyl sites for hydroxylation is 1. The molecular formula is C28H34N8O3. The van der Waals surface area contributed by atoms with E-state index in [4.69, 9.17) is 4.74 Å². The molecule has 3 heterocycles. The zero-order valence-electron chi connectivity index (χ0n) is 22.2. The number of hydrogen-bond donors (Lipinski definition) is 4. The van der Waals surface area contributed by atoms with Crippen molar-refractivity contribution >= 4 is 23.0 Å². The Morgan fingerprint density at radius 3 is 2.67 bits per heavy atom. The van der Waals surface area contributed by atoms with Crippen LogP contribution in [0.15, 0.2) is 67.1 Å². The summed E-state index contributed by atoms with van der Waals surface area (Å²) in [7, 11) is 1.59. The van der Waals surface area contributed by atoms with Crippen LogP contribution >= 0.6 is 0 Å². The predicted octanol–water partition coefficient (Wildman–Crippen LogP) is 3.53. The molecule has 204 valence electrons. The van der Waals surface area contributed by atoms with Gasteiger partial charge >= 0.3 is 0 Å². The van der Waals surface area contributed by atoms with E-state index in [1.807, 2.05) is 48.1 Å². The first-order valence-corrected chi connectivity index (χ1v) is 13.0. The van der Waals surface area contributed by atoms with Crippen molar-refractivity contribution in [3.8, 4) is 11.4 Å². The lowest BCUT2D eigenvalue weighted by molar-refractivity contribution is 0.102. The maximum Gasteiger partial charge on any atom is 0.255 e. The molecule has 5 rings (SSSR count). The number of anilines is 3. The van der Waals surface area contributed by atoms with E-state index in [0.717, 1.165) is 31.9 Å². The van der Waals surface area contributed by atoms with Crippen molar-refractivity contribution in [2.24, 2.45) is 0 Å². The summed E-state index contributed by atoms with van der Waals surface area (Å²) in [6, 6.07) is 14.5. The minimum Gasteiger partial charge on any atom is -0.497 e. The van der Waals surface area contributed by atoms with E-state index in [9.17, 15) is 9.90 Å². The van der Waals surface area contributed by atoms with Crippen LogP contribution in [0.1, 0.15) is 28.9 Å². The lowest BCUT2D eigenvalue weighted by atomic mass is 10.2. The van der Waals surface area contributed by atoms with Crippen LogP contribution in [0, 0.1) is 6.92 Å². The Morgan fingerprint density at radius 2 is 1.85 bits per heavy atom. The molecule has 4 aromatic rings. The number of methoxy groups -OCH3 is 1. The number of hydrogen-bond acceptors (Lipinski definition) is 8. The summed E-state index contributed by atoms with van der Waals surface area (Å²) in [4.78, 5) is 15.5. The number of carbonyl (C=O) groups is 1. The SMILES string of the molecule is COc1cccc(NC(O)Nc2cnn(-c3cccc(C(=O)Nc4cn(CCN5CCCC5)nc4C)c3)c2)c1. The van der Waals surface area contributed by atoms with Crippen molar-refractivity contribution in [1.82, 2.24) is 24.5 Å². The van der Waals surface area contributed by atoms with Gasteiger partial charge in [-0.05, 0) is 63.2 Å². The smallest absolute Gasteiger partial charge is 0.255 e. The standard InChI is InChI=1S/C28H34N8O3/c1-20-26(19-35(33-20)14-13-34-11-3-4-12-34)32-27(37)21-7-5-9-24(15-21)36-18-23(17-29-36)31-28(38)30-22-8-6-10-25(16-22)39-2/h5-10,15-19,28,30-31,38H,3-4,11-14H2,1-2H3,(H,32,37). The van der Waals surface area contributed by atoms with E-state index in [-0.39, 0.29) is 5.91 Å². The molecule has 2 aromatic heterocycles. The summed E-state index contributed by atoms with van der Waals surface area (Å²) in [5.74, 6) is 0.466. The summed E-state index contributed by atoms with van der Waals surface area (Å²) in [6.07, 6.45) is 6.71. The highest BCUT2D eigenvalue weighted by molar-refractivity contribution is 6.04. The van der Waals surface area contributed by atoms with Crippen LogP contribution in [0.3, 0.4) is 0 Å². The molecule has 1 aliphatic heterocycles. The predicted molar refractivity (Wildman–Crippen MR) is 150 cm³/mol. The average Bonchev–Trinajstić information content (AvgIpc) is 3.70. The van der Waals surface area contributed by atoms with Gasteiger partial charge in [-0.25, -0.2) is 4.68 Å². The van der Waals surface area contributed by atoms with Crippen LogP contribution in [0.4, 0.5) is 17.1 Å². The summed E-state index contributed by atoms with van der Waals surface area (Å²) in [5.41, 5.74) is 4.00. The van der Waals surface area contributed by atoms with Gasteiger partial charge in [-0.3, -0.25) is 9.48 Å². The third-order valence-electron chi connectivity index (χ3n) is 6.67. The summed E-state index contributed by atoms with van der Waals surface area (Å²) in [5, 5.41) is 28.2. The quantitative estimate of drug-likeness (QED) is 0.217. The molecule has 11 heteroatoms. The summed E-state index contributed by atoms with van der Waals surface area (Å²) >= 11 is 0. The number of nitrogens with one attached hydrogen (secondary N) is 3. The molecule has 0 radical (unpaired) electrons. The molecule has 0 bridgehead atoms. The molecule has 2 aromatic carbocycles. The molecule has 0 saturated carbocycles. The number of carbonyl (C=O) groups excluding carboxylic acids is 1. The zero-order chi connectivity index (χ0) is 27.2. The minimum atomic E-state index is -1.05. The first kappa shape index (κ1) is 26.3. The molecule has 0 aliphatic carbocycles. The largest absolute Gasteiger partial charge is 0.497 e. The molecular weight excluding hydrogens is 496 g/mol. The Kier molecular flexibility index (Phi) is 8.09. The van der Waals surface area contributed by atoms with Crippen molar-refractivity contribution in [2.45, 2.75) is 32.7 Å². The van der Waals surface area contributed by atoms with Gasteiger partial charge in [0, 0.05) is 30.1 Å². The first-order valence-electron chi connectivity index (χ1n) is 13.0. The fourth-order valence-corrected chi connectivity index (χ4v) is 4.59. The third-order valence-corrected chi connectivity index (χ3v) is 6.67. The highest BCUT2D eigenvalue weighted by atomic mass is 16.5. The number of nitrogens with zero attached hydrogens (tertiary/aromatic N) is 5. The number of ether oxygens (including phenoxy) is 1. The van der Waals surface area contributed by atoms with Crippen LogP contribution in [-0.2, 0) is 6.54 Å². The monoisotopic (exact) mass is 530 g/mol. The second-order valence-electron chi connectivity index (χ2n) is 9.54. The van der Waals surface area contributed by atoms with E-state index in [1.54, 1.807) is 42.4 Å². The van der Waals surface area contributed by atoms with Gasteiger partial charge in [0.05, 0.1) is 48.8 Å². The van der Waals surface area contributed by atoms with Gasteiger partial charge < -0.3 is 30.7 Å². The Labute approximate surface area is 227 Å². The van der Waals surface area contributed by atoms with E-state index >= 15 is 0 Å². The van der Waals surface area contributed by atoms with Crippen LogP contribution in [0.2, 0.25) is 0 Å². The van der Waals surface area contributed by atoms with E-state index < -0.39 is 6.35 Å². The molecule has 0 spiro atoms. The number of aliphatic hydroxyl groups is 1. The molecule has 4 N–H and O–H groups in total. The molecule has 1 atom stereocenters. The highest BCUT2D eigenvalue weighted by Crippen LogP contribution is 2.20. The van der Waals surface area contributed by atoms with Crippen molar-refractivity contribution < 1.29 is 14.6 Å². The third kappa shape index (κ3) is 6.75. The molecule has 1 amide bonds. The van der Waals surface area contributed by atoms with Gasteiger partial charge in [0.2, 0.25) is 6.35 Å². The number of likely N-dealkylation sites (tertiary alicyclic amines) is 1. The van der Waals surface area contributed by atoms with Gasteiger partial charge in [-0.1, -0.05) is 12.1 Å². The van der Waals surface area contributed by atoms with Crippen LogP contribution < -0.4 is 20.7 Å². The molecule has 1 aliphatic rings. The second-order valence-corrected chi connectivity index (χ2v) is 9.54. The Hall–Kier alpha value is -4.35. The molecule has 1 saturated heterocycles. The number of rotatable bonds is 11. The average molecular weight is 531 g/mol. The molecule has 39 heavy (non-hydrogen) atoms. The summed E-state index contributed by atoms with van der Waals surface area (Å²) < 4.78 is 8.75. The highest BCUT2D eigenvalue weighted by Gasteiger charge is 2.15. The number of aliphatic hydroxyl groups excluding tert-OH is 1. The van der Waals surface area contributed by atoms with Gasteiger partial charge in [0.25, 0.3) is 5.91 Å². The van der Waals surface area contributed by atoms with Gasteiger partial charge in [0.15, 0.2) is 0 Å². The number of amides is 1. The maximum absolute atomic E-state index is 13.0. The lowest BCUT2D eigenvalue weighted by Crippen LogP contribution is -2.27. The number of aromatic nitrogens is 4. The van der Waals surface area contributed by atoms with E-state index in [2.05, 4.69) is 31.0 Å². The minimum absolute atomic E-state index is 0.220. The van der Waals surface area contributed by atoms with Crippen molar-refractivity contribution in [2.75, 3.05) is 42.7 Å². The van der Waals surface area contributed by atoms with Gasteiger partial charge in [0.1, 0.15) is 5.75 Å². The van der Waals surface area contributed by atoms with Crippen LogP contribution in [0.5, 0.6) is 5.75 Å². The Bertz CT molecular complexity index is 1410. The fraction of sp³-hybridized carbons (Fsp3) is 0.321. The molecule has 1 unspecified atom stereocenters. The molecule has 11 nitrogen and oxygen atoms in total. The normalized spacial score (nSPS) is 14.2. The fourth-order valence-electron chi connectivity index (χ4n) is 4.59. The van der Waals surface area contributed by atoms with Crippen LogP contribution in [-0.4, -0.2) is 68.6 Å². The van der Waals surface area contributed by atoms with Crippen molar-refractivity contribution in [1.29, 1.82) is 0 Å². The van der Waals surface area contributed by atoms with Crippen LogP contribution in [0.25, 0.3) is 5.69 Å². The van der Waals surface area contributed by atoms with E-state index in [0.29, 0.717) is 34.1 Å². The topological polar surface area (TPSA) is 122 Å². The zero-order valence-corrected chi connectivity index (χ0v) is 22.2. The van der Waals surface area contributed by atoms with Gasteiger partial charge in [-0.15, -0.1) is 0 Å². The summed E-state index contributed by atoms with van der Waals surface area (Å²) in [6.45, 7) is 5.95. The number of benzene rings is 2. The van der Waals surface area contributed by atoms with E-state index in [1.165, 1.54) is 12.8 Å². The lowest BCUT2D eigenvalue weighted by Gasteiger charge is -2.16. The first-order chi connectivity index (χ1) is 19.0. The van der Waals surface area contributed by atoms with Crippen molar-refractivity contribution in [3.63, 3.8) is 0 Å². The van der Waals surface area contributed by atoms with Crippen molar-refractivity contribution in [3.05, 3.63) is 78.4 Å². The molecule has 1 fully saturated rings. The Morgan fingerprint density at radius 1 is 1.05 bits per heavy atom. The maximum atomic E-state index is 13.0. The Balaban J connectivity index is 1.19. The van der Waals surface area contributed by atoms with Gasteiger partial charge in [-0.2, -0.15) is 10.2 Å². The second kappa shape index (κ2) is 12.0.